The molecule has 0 spiro atoms. The first-order valence-corrected chi connectivity index (χ1v) is 9.08. The molecule has 0 aliphatic heterocycles. The molecule has 0 fully saturated rings. The molecule has 8 heteroatoms. The molecule has 1 aromatic carbocycles. The maximum atomic E-state index is 9.10. The highest BCUT2D eigenvalue weighted by molar-refractivity contribution is 5.93. The van der Waals surface area contributed by atoms with Crippen LogP contribution in [0.4, 0.5) is 0 Å². The maximum Gasteiger partial charge on any atom is 0.159 e. The van der Waals surface area contributed by atoms with E-state index in [2.05, 4.69) is 47.6 Å². The Morgan fingerprint density at radius 1 is 1.10 bits per heavy atom. The Labute approximate surface area is 165 Å². The Kier molecular flexibility index (Phi) is 4.00. The van der Waals surface area contributed by atoms with Crippen molar-refractivity contribution in [1.82, 2.24) is 35.5 Å². The third kappa shape index (κ3) is 2.99. The predicted octanol–water partition coefficient (Wildman–Crippen LogP) is 3.15. The number of nitriles is 1. The Hall–Kier alpha value is -4.09. The zero-order valence-corrected chi connectivity index (χ0v) is 15.6. The van der Waals surface area contributed by atoms with Crippen molar-refractivity contribution in [2.75, 3.05) is 7.05 Å². The molecule has 140 valence electrons. The molecule has 4 heterocycles. The second kappa shape index (κ2) is 6.82. The normalized spacial score (nSPS) is 11.2. The van der Waals surface area contributed by atoms with Crippen LogP contribution in [0, 0.1) is 11.3 Å². The van der Waals surface area contributed by atoms with Crippen molar-refractivity contribution in [2.24, 2.45) is 0 Å². The van der Waals surface area contributed by atoms with Crippen molar-refractivity contribution in [3.8, 4) is 28.7 Å². The minimum atomic E-state index is 0.570. The van der Waals surface area contributed by atoms with E-state index in [9.17, 15) is 0 Å². The molecule has 3 N–H and O–H groups in total. The highest BCUT2D eigenvalue weighted by Crippen LogP contribution is 2.29. The largest absolute Gasteiger partial charge is 0.337 e. The first kappa shape index (κ1) is 17.0. The van der Waals surface area contributed by atoms with Gasteiger partial charge in [-0.1, -0.05) is 0 Å². The summed E-state index contributed by atoms with van der Waals surface area (Å²) < 4.78 is 0. The van der Waals surface area contributed by atoms with E-state index >= 15 is 0 Å². The van der Waals surface area contributed by atoms with Crippen LogP contribution in [0.5, 0.6) is 0 Å². The fourth-order valence-electron chi connectivity index (χ4n) is 3.38. The summed E-state index contributed by atoms with van der Waals surface area (Å²) in [7, 11) is 1.91. The summed E-state index contributed by atoms with van der Waals surface area (Å²) in [5.74, 6) is 0.627. The van der Waals surface area contributed by atoms with Crippen LogP contribution in [-0.2, 0) is 6.54 Å². The molecule has 0 saturated heterocycles. The van der Waals surface area contributed by atoms with E-state index in [-0.39, 0.29) is 0 Å². The van der Waals surface area contributed by atoms with Gasteiger partial charge in [0.1, 0.15) is 5.69 Å². The van der Waals surface area contributed by atoms with Gasteiger partial charge >= 0.3 is 0 Å². The van der Waals surface area contributed by atoms with Gasteiger partial charge in [0.05, 0.1) is 28.1 Å². The lowest BCUT2D eigenvalue weighted by atomic mass is 10.1. The van der Waals surface area contributed by atoms with E-state index < -0.39 is 0 Å². The third-order valence-corrected chi connectivity index (χ3v) is 4.76. The van der Waals surface area contributed by atoms with Crippen molar-refractivity contribution in [1.29, 1.82) is 5.26 Å². The molecule has 8 nitrogen and oxygen atoms in total. The Bertz CT molecular complexity index is 1390. The maximum absolute atomic E-state index is 9.10. The first-order valence-electron chi connectivity index (χ1n) is 9.08. The lowest BCUT2D eigenvalue weighted by Crippen LogP contribution is -2.05. The van der Waals surface area contributed by atoms with Crippen LogP contribution in [0.1, 0.15) is 11.1 Å². The number of H-pyrrole nitrogens is 2. The van der Waals surface area contributed by atoms with Gasteiger partial charge < -0.3 is 10.3 Å². The van der Waals surface area contributed by atoms with Crippen LogP contribution in [0.2, 0.25) is 0 Å². The quantitative estimate of drug-likeness (QED) is 0.441. The fourth-order valence-corrected chi connectivity index (χ4v) is 3.38. The second-order valence-electron chi connectivity index (χ2n) is 6.73. The Morgan fingerprint density at radius 3 is 2.86 bits per heavy atom. The molecule has 0 bridgehead atoms. The van der Waals surface area contributed by atoms with Crippen molar-refractivity contribution in [3.05, 3.63) is 60.0 Å². The number of aromatic amines is 2. The number of fused-ring (bicyclic) bond motifs is 2. The van der Waals surface area contributed by atoms with Crippen LogP contribution >= 0.6 is 0 Å². The average Bonchev–Trinajstić information content (AvgIpc) is 3.36. The van der Waals surface area contributed by atoms with Gasteiger partial charge in [0, 0.05) is 36.3 Å². The molecule has 29 heavy (non-hydrogen) atoms. The number of benzene rings is 1. The minimum Gasteiger partial charge on any atom is -0.337 e. The fraction of sp³-hybridized carbons (Fsp3) is 0.0952. The third-order valence-electron chi connectivity index (χ3n) is 4.76. The van der Waals surface area contributed by atoms with E-state index in [0.717, 1.165) is 39.7 Å². The van der Waals surface area contributed by atoms with Crippen molar-refractivity contribution >= 4 is 22.1 Å². The molecule has 0 radical (unpaired) electrons. The summed E-state index contributed by atoms with van der Waals surface area (Å²) in [6.45, 7) is 0.747. The van der Waals surface area contributed by atoms with Crippen molar-refractivity contribution in [3.63, 3.8) is 0 Å². The standard InChI is InChI=1S/C21H16N8/c1-23-8-13-4-14(10-24-9-13)15-6-16-19(28-29-20(16)25-11-15)21-26-17-3-2-12(7-22)5-18(17)27-21/h2-6,9-11,23H,8H2,1H3,(H,26,27)(H,25,28,29). The van der Waals surface area contributed by atoms with Crippen molar-refractivity contribution in [2.45, 2.75) is 6.54 Å². The summed E-state index contributed by atoms with van der Waals surface area (Å²) in [4.78, 5) is 16.7. The Balaban J connectivity index is 1.62. The zero-order valence-electron chi connectivity index (χ0n) is 15.6. The second-order valence-corrected chi connectivity index (χ2v) is 6.73. The van der Waals surface area contributed by atoms with Crippen LogP contribution in [0.3, 0.4) is 0 Å². The van der Waals surface area contributed by atoms with E-state index in [1.54, 1.807) is 12.1 Å². The van der Waals surface area contributed by atoms with E-state index in [0.29, 0.717) is 22.7 Å². The summed E-state index contributed by atoms with van der Waals surface area (Å²) in [6, 6.07) is 11.6. The molecule has 0 aliphatic rings. The minimum absolute atomic E-state index is 0.570. The SMILES string of the molecule is CNCc1cncc(-c2cnc3[nH]nc(-c4nc5cc(C#N)ccc5[nH]4)c3c2)c1. The van der Waals surface area contributed by atoms with Gasteiger partial charge in [-0.2, -0.15) is 10.4 Å². The van der Waals surface area contributed by atoms with Gasteiger partial charge in [-0.05, 0) is 42.9 Å². The molecule has 0 unspecified atom stereocenters. The van der Waals surface area contributed by atoms with Crippen LogP contribution in [-0.4, -0.2) is 37.2 Å². The molecule has 0 atom stereocenters. The van der Waals surface area contributed by atoms with Crippen molar-refractivity contribution < 1.29 is 0 Å². The number of nitrogens with one attached hydrogen (secondary N) is 3. The number of hydrogen-bond acceptors (Lipinski definition) is 6. The van der Waals surface area contributed by atoms with Gasteiger partial charge in [0.15, 0.2) is 11.5 Å². The molecule has 4 aromatic heterocycles. The van der Waals surface area contributed by atoms with Crippen LogP contribution < -0.4 is 5.32 Å². The van der Waals surface area contributed by atoms with Gasteiger partial charge in [-0.25, -0.2) is 9.97 Å². The summed E-state index contributed by atoms with van der Waals surface area (Å²) in [6.07, 6.45) is 5.48. The lowest BCUT2D eigenvalue weighted by Gasteiger charge is -2.04. The smallest absolute Gasteiger partial charge is 0.159 e. The monoisotopic (exact) mass is 380 g/mol. The number of aromatic nitrogens is 6. The highest BCUT2D eigenvalue weighted by Gasteiger charge is 2.15. The zero-order chi connectivity index (χ0) is 19.8. The van der Waals surface area contributed by atoms with Gasteiger partial charge in [0.25, 0.3) is 0 Å². The Morgan fingerprint density at radius 2 is 2.00 bits per heavy atom. The summed E-state index contributed by atoms with van der Waals surface area (Å²) in [5.41, 5.74) is 6.55. The number of imidazole rings is 1. The number of nitrogens with zero attached hydrogens (tertiary/aromatic N) is 5. The van der Waals surface area contributed by atoms with Crippen LogP contribution in [0.15, 0.2) is 48.9 Å². The van der Waals surface area contributed by atoms with E-state index in [1.807, 2.05) is 37.8 Å². The van der Waals surface area contributed by atoms with Gasteiger partial charge in [-0.15, -0.1) is 0 Å². The average molecular weight is 380 g/mol. The number of hydrogen-bond donors (Lipinski definition) is 3. The molecular formula is C21H16N8. The number of rotatable bonds is 4. The van der Waals surface area contributed by atoms with E-state index in [1.165, 1.54) is 0 Å². The molecule has 0 amide bonds. The van der Waals surface area contributed by atoms with Crippen LogP contribution in [0.25, 0.3) is 44.7 Å². The first-order chi connectivity index (χ1) is 14.2. The molecule has 5 aromatic rings. The van der Waals surface area contributed by atoms with Gasteiger partial charge in [-0.3, -0.25) is 10.1 Å². The topological polar surface area (TPSA) is 119 Å². The highest BCUT2D eigenvalue weighted by atomic mass is 15.2. The van der Waals surface area contributed by atoms with E-state index in [4.69, 9.17) is 5.26 Å². The predicted molar refractivity (Wildman–Crippen MR) is 110 cm³/mol. The molecular weight excluding hydrogens is 364 g/mol. The number of pyridine rings is 2. The molecule has 0 aliphatic carbocycles. The lowest BCUT2D eigenvalue weighted by molar-refractivity contribution is 0.813. The summed E-state index contributed by atoms with van der Waals surface area (Å²) >= 11 is 0. The molecule has 0 saturated carbocycles. The molecule has 5 rings (SSSR count). The van der Waals surface area contributed by atoms with Gasteiger partial charge in [0.2, 0.25) is 0 Å². The summed E-state index contributed by atoms with van der Waals surface area (Å²) in [5, 5.41) is 20.5.